The highest BCUT2D eigenvalue weighted by molar-refractivity contribution is 14.1. The molecule has 4 heteroatoms. The molecule has 0 aliphatic carbocycles. The zero-order valence-corrected chi connectivity index (χ0v) is 14.7. The SMILES string of the molecule is CCc1cc(I)cc(C=O)c1OCCOCc1ccccc1. The first-order valence-corrected chi connectivity index (χ1v) is 8.34. The second-order valence-electron chi connectivity index (χ2n) is 4.84. The number of rotatable bonds is 8. The van der Waals surface area contributed by atoms with Crippen molar-refractivity contribution < 1.29 is 14.3 Å². The zero-order chi connectivity index (χ0) is 15.8. The fraction of sp³-hybridized carbons (Fsp3) is 0.278. The van der Waals surface area contributed by atoms with Gasteiger partial charge in [0.05, 0.1) is 18.8 Å². The number of aryl methyl sites for hydroxylation is 1. The van der Waals surface area contributed by atoms with Crippen molar-refractivity contribution in [2.45, 2.75) is 20.0 Å². The lowest BCUT2D eigenvalue weighted by atomic mass is 10.1. The van der Waals surface area contributed by atoms with Crippen molar-refractivity contribution in [3.05, 3.63) is 62.7 Å². The third kappa shape index (κ3) is 4.81. The average Bonchev–Trinajstić information content (AvgIpc) is 2.55. The van der Waals surface area contributed by atoms with Crippen LogP contribution >= 0.6 is 22.6 Å². The number of halogens is 1. The van der Waals surface area contributed by atoms with E-state index in [1.165, 1.54) is 0 Å². The summed E-state index contributed by atoms with van der Waals surface area (Å²) < 4.78 is 12.4. The van der Waals surface area contributed by atoms with Crippen molar-refractivity contribution in [2.75, 3.05) is 13.2 Å². The van der Waals surface area contributed by atoms with Gasteiger partial charge < -0.3 is 9.47 Å². The molecular weight excluding hydrogens is 391 g/mol. The van der Waals surface area contributed by atoms with Gasteiger partial charge in [-0.3, -0.25) is 4.79 Å². The van der Waals surface area contributed by atoms with E-state index in [4.69, 9.17) is 9.47 Å². The van der Waals surface area contributed by atoms with Crippen LogP contribution in [-0.2, 0) is 17.8 Å². The average molecular weight is 410 g/mol. The molecule has 0 spiro atoms. The number of hydrogen-bond donors (Lipinski definition) is 0. The number of carbonyl (C=O) groups is 1. The third-order valence-electron chi connectivity index (χ3n) is 3.25. The van der Waals surface area contributed by atoms with Crippen molar-refractivity contribution in [2.24, 2.45) is 0 Å². The van der Waals surface area contributed by atoms with Crippen molar-refractivity contribution in [1.82, 2.24) is 0 Å². The van der Waals surface area contributed by atoms with Crippen molar-refractivity contribution in [3.63, 3.8) is 0 Å². The largest absolute Gasteiger partial charge is 0.490 e. The van der Waals surface area contributed by atoms with E-state index >= 15 is 0 Å². The summed E-state index contributed by atoms with van der Waals surface area (Å²) in [4.78, 5) is 11.2. The van der Waals surface area contributed by atoms with Gasteiger partial charge in [-0.05, 0) is 52.3 Å². The van der Waals surface area contributed by atoms with Crippen LogP contribution in [0, 0.1) is 3.57 Å². The Morgan fingerprint density at radius 3 is 2.59 bits per heavy atom. The zero-order valence-electron chi connectivity index (χ0n) is 12.5. The highest BCUT2D eigenvalue weighted by Gasteiger charge is 2.10. The van der Waals surface area contributed by atoms with Gasteiger partial charge in [0.25, 0.3) is 0 Å². The Bertz CT molecular complexity index is 611. The van der Waals surface area contributed by atoms with E-state index in [2.05, 4.69) is 29.5 Å². The Morgan fingerprint density at radius 2 is 1.91 bits per heavy atom. The van der Waals surface area contributed by atoms with E-state index in [1.54, 1.807) is 0 Å². The molecule has 0 aliphatic rings. The first kappa shape index (κ1) is 17.0. The van der Waals surface area contributed by atoms with Gasteiger partial charge in [0.15, 0.2) is 6.29 Å². The van der Waals surface area contributed by atoms with Crippen molar-refractivity contribution >= 4 is 28.9 Å². The second-order valence-corrected chi connectivity index (χ2v) is 6.09. The van der Waals surface area contributed by atoms with Crippen LogP contribution in [0.5, 0.6) is 5.75 Å². The predicted molar refractivity (Wildman–Crippen MR) is 95.5 cm³/mol. The molecule has 0 fully saturated rings. The fourth-order valence-electron chi connectivity index (χ4n) is 2.17. The molecule has 0 saturated carbocycles. The Kier molecular flexibility index (Phi) is 6.86. The molecule has 0 atom stereocenters. The number of carbonyl (C=O) groups excluding carboxylic acids is 1. The fourth-order valence-corrected chi connectivity index (χ4v) is 2.88. The minimum atomic E-state index is 0.432. The molecule has 0 heterocycles. The van der Waals surface area contributed by atoms with Gasteiger partial charge in [0, 0.05) is 3.57 Å². The number of aldehydes is 1. The summed E-state index contributed by atoms with van der Waals surface area (Å²) in [6.07, 6.45) is 1.68. The highest BCUT2D eigenvalue weighted by Crippen LogP contribution is 2.26. The highest BCUT2D eigenvalue weighted by atomic mass is 127. The predicted octanol–water partition coefficient (Wildman–Crippen LogP) is 4.26. The molecule has 2 rings (SSSR count). The molecule has 0 aromatic heterocycles. The summed E-state index contributed by atoms with van der Waals surface area (Å²) in [7, 11) is 0. The maximum atomic E-state index is 11.2. The van der Waals surface area contributed by atoms with Gasteiger partial charge in [-0.25, -0.2) is 0 Å². The van der Waals surface area contributed by atoms with Crippen LogP contribution in [0.3, 0.4) is 0 Å². The standard InChI is InChI=1S/C18H19IO3/c1-2-15-10-17(19)11-16(12-20)18(15)22-9-8-21-13-14-6-4-3-5-7-14/h3-7,10-12H,2,8-9,13H2,1H3. The Morgan fingerprint density at radius 1 is 1.14 bits per heavy atom. The molecule has 2 aromatic carbocycles. The van der Waals surface area contributed by atoms with Crippen LogP contribution in [-0.4, -0.2) is 19.5 Å². The maximum Gasteiger partial charge on any atom is 0.153 e. The molecule has 0 N–H and O–H groups in total. The summed E-state index contributed by atoms with van der Waals surface area (Å²) >= 11 is 2.21. The van der Waals surface area contributed by atoms with Gasteiger partial charge in [0.1, 0.15) is 12.4 Å². The molecule has 0 aliphatic heterocycles. The molecule has 0 unspecified atom stereocenters. The van der Waals surface area contributed by atoms with Gasteiger partial charge >= 0.3 is 0 Å². The summed E-state index contributed by atoms with van der Waals surface area (Å²) in [6.45, 7) is 3.54. The molecule has 0 radical (unpaired) electrons. The lowest BCUT2D eigenvalue weighted by Gasteiger charge is -2.13. The monoisotopic (exact) mass is 410 g/mol. The lowest BCUT2D eigenvalue weighted by molar-refractivity contribution is 0.0879. The van der Waals surface area contributed by atoms with E-state index in [0.717, 1.165) is 27.4 Å². The van der Waals surface area contributed by atoms with E-state index in [-0.39, 0.29) is 0 Å². The number of hydrogen-bond acceptors (Lipinski definition) is 3. The van der Waals surface area contributed by atoms with Crippen molar-refractivity contribution in [3.8, 4) is 5.75 Å². The van der Waals surface area contributed by atoms with Crippen molar-refractivity contribution in [1.29, 1.82) is 0 Å². The van der Waals surface area contributed by atoms with Crippen LogP contribution in [0.1, 0.15) is 28.4 Å². The molecule has 0 amide bonds. The molecule has 2 aromatic rings. The molecular formula is C18H19IO3. The molecule has 116 valence electrons. The number of ether oxygens (including phenoxy) is 2. The molecule has 22 heavy (non-hydrogen) atoms. The second kappa shape index (κ2) is 8.90. The summed E-state index contributed by atoms with van der Waals surface area (Å²) in [5.74, 6) is 0.682. The van der Waals surface area contributed by atoms with E-state index in [0.29, 0.717) is 31.1 Å². The first-order chi connectivity index (χ1) is 10.7. The molecule has 0 saturated heterocycles. The van der Waals surface area contributed by atoms with E-state index in [9.17, 15) is 4.79 Å². The summed E-state index contributed by atoms with van der Waals surface area (Å²) in [6, 6.07) is 13.9. The van der Waals surface area contributed by atoms with Crippen LogP contribution in [0.25, 0.3) is 0 Å². The third-order valence-corrected chi connectivity index (χ3v) is 3.88. The van der Waals surface area contributed by atoms with Crippen LogP contribution < -0.4 is 4.74 Å². The van der Waals surface area contributed by atoms with E-state index in [1.807, 2.05) is 42.5 Å². The Balaban J connectivity index is 1.87. The molecule has 0 bridgehead atoms. The summed E-state index contributed by atoms with van der Waals surface area (Å²) in [5, 5.41) is 0. The maximum absolute atomic E-state index is 11.2. The normalized spacial score (nSPS) is 10.5. The summed E-state index contributed by atoms with van der Waals surface area (Å²) in [5.41, 5.74) is 2.79. The number of benzene rings is 2. The Hall–Kier alpha value is -1.40. The first-order valence-electron chi connectivity index (χ1n) is 7.26. The van der Waals surface area contributed by atoms with Gasteiger partial charge in [-0.2, -0.15) is 0 Å². The minimum Gasteiger partial charge on any atom is -0.490 e. The topological polar surface area (TPSA) is 35.5 Å². The molecule has 3 nitrogen and oxygen atoms in total. The quantitative estimate of drug-likeness (QED) is 0.371. The Labute approximate surface area is 144 Å². The van der Waals surface area contributed by atoms with Crippen LogP contribution in [0.2, 0.25) is 0 Å². The van der Waals surface area contributed by atoms with Crippen LogP contribution in [0.4, 0.5) is 0 Å². The van der Waals surface area contributed by atoms with Crippen LogP contribution in [0.15, 0.2) is 42.5 Å². The smallest absolute Gasteiger partial charge is 0.153 e. The van der Waals surface area contributed by atoms with E-state index < -0.39 is 0 Å². The van der Waals surface area contributed by atoms with Gasteiger partial charge in [-0.15, -0.1) is 0 Å². The lowest BCUT2D eigenvalue weighted by Crippen LogP contribution is -2.09. The minimum absolute atomic E-state index is 0.432. The van der Waals surface area contributed by atoms with Gasteiger partial charge in [-0.1, -0.05) is 37.3 Å². The van der Waals surface area contributed by atoms with Gasteiger partial charge in [0.2, 0.25) is 0 Å².